The maximum absolute atomic E-state index is 14.5. The number of nitrogens with zero attached hydrogens (tertiary/aromatic N) is 1. The molecule has 2 rings (SSSR count). The third-order valence-corrected chi connectivity index (χ3v) is 7.76. The van der Waals surface area contributed by atoms with E-state index in [0.29, 0.717) is 25.1 Å². The van der Waals surface area contributed by atoms with Crippen LogP contribution in [-0.2, 0) is 20.9 Å². The summed E-state index contributed by atoms with van der Waals surface area (Å²) >= 11 is 1.59. The maximum Gasteiger partial charge on any atom is 0.408 e. The number of nitrogens with one attached hydrogen (secondary N) is 2. The molecule has 3 amide bonds. The summed E-state index contributed by atoms with van der Waals surface area (Å²) < 4.78 is 5.50. The first-order valence-corrected chi connectivity index (χ1v) is 15.3. The first-order chi connectivity index (χ1) is 18.7. The van der Waals surface area contributed by atoms with E-state index in [9.17, 15) is 14.4 Å². The zero-order valence-electron chi connectivity index (χ0n) is 25.6. The zero-order chi connectivity index (χ0) is 30.1. The van der Waals surface area contributed by atoms with Crippen LogP contribution in [0.3, 0.4) is 0 Å². The van der Waals surface area contributed by atoms with Crippen LogP contribution in [0.5, 0.6) is 0 Å². The number of thioether (sulfide) groups is 1. The van der Waals surface area contributed by atoms with E-state index < -0.39 is 29.3 Å². The van der Waals surface area contributed by atoms with Crippen LogP contribution in [0.15, 0.2) is 48.5 Å². The van der Waals surface area contributed by atoms with Crippen molar-refractivity contribution in [2.45, 2.75) is 98.0 Å². The van der Waals surface area contributed by atoms with Crippen molar-refractivity contribution in [2.75, 3.05) is 12.0 Å². The number of ether oxygens (including phenoxy) is 1. The summed E-state index contributed by atoms with van der Waals surface area (Å²) in [5, 5.41) is 5.90. The Bertz CT molecular complexity index is 1140. The molecule has 8 heteroatoms. The lowest BCUT2D eigenvalue weighted by Gasteiger charge is -2.45. The van der Waals surface area contributed by atoms with Gasteiger partial charge < -0.3 is 20.3 Å². The Morgan fingerprint density at radius 2 is 1.62 bits per heavy atom. The second kappa shape index (κ2) is 14.6. The molecular formula is C32H47N3O4S. The average molecular weight is 570 g/mol. The lowest BCUT2D eigenvalue weighted by Crippen LogP contribution is -2.59. The van der Waals surface area contributed by atoms with Gasteiger partial charge in [0.1, 0.15) is 17.7 Å². The second-order valence-corrected chi connectivity index (χ2v) is 12.7. The van der Waals surface area contributed by atoms with Crippen molar-refractivity contribution >= 4 is 29.7 Å². The number of carbonyl (C=O) groups is 3. The van der Waals surface area contributed by atoms with Crippen LogP contribution in [0.25, 0.3) is 0 Å². The van der Waals surface area contributed by atoms with Gasteiger partial charge in [-0.25, -0.2) is 4.79 Å². The van der Waals surface area contributed by atoms with Crippen molar-refractivity contribution in [3.63, 3.8) is 0 Å². The molecule has 0 saturated heterocycles. The monoisotopic (exact) mass is 569 g/mol. The van der Waals surface area contributed by atoms with Crippen molar-refractivity contribution < 1.29 is 19.1 Å². The van der Waals surface area contributed by atoms with Gasteiger partial charge in [0.2, 0.25) is 11.8 Å². The third-order valence-electron chi connectivity index (χ3n) is 7.11. The Morgan fingerprint density at radius 3 is 2.20 bits per heavy atom. The molecule has 0 aliphatic rings. The summed E-state index contributed by atoms with van der Waals surface area (Å²) in [6, 6.07) is 13.8. The molecule has 0 aromatic heterocycles. The van der Waals surface area contributed by atoms with Gasteiger partial charge in [-0.3, -0.25) is 9.59 Å². The Hall–Kier alpha value is -3.00. The molecule has 0 saturated carbocycles. The normalized spacial score (nSPS) is 13.2. The number of aryl methyl sites for hydroxylation is 1. The van der Waals surface area contributed by atoms with Gasteiger partial charge in [-0.1, -0.05) is 55.5 Å². The van der Waals surface area contributed by atoms with E-state index in [4.69, 9.17) is 4.74 Å². The van der Waals surface area contributed by atoms with Crippen LogP contribution >= 0.6 is 11.8 Å². The van der Waals surface area contributed by atoms with Crippen molar-refractivity contribution in [1.82, 2.24) is 15.5 Å². The van der Waals surface area contributed by atoms with Gasteiger partial charge in [0.05, 0.1) is 0 Å². The topological polar surface area (TPSA) is 87.7 Å². The number of benzene rings is 2. The van der Waals surface area contributed by atoms with Crippen LogP contribution < -0.4 is 10.6 Å². The van der Waals surface area contributed by atoms with Gasteiger partial charge in [0, 0.05) is 12.1 Å². The summed E-state index contributed by atoms with van der Waals surface area (Å²) in [5.74, 6) is 0.0712. The second-order valence-electron chi connectivity index (χ2n) is 11.7. The minimum absolute atomic E-state index is 0.270. The smallest absolute Gasteiger partial charge is 0.408 e. The number of hydrogen-bond donors (Lipinski definition) is 2. The lowest BCUT2D eigenvalue weighted by atomic mass is 9.89. The molecular weight excluding hydrogens is 522 g/mol. The average Bonchev–Trinajstić information content (AvgIpc) is 2.89. The van der Waals surface area contributed by atoms with Gasteiger partial charge >= 0.3 is 6.09 Å². The van der Waals surface area contributed by atoms with Gasteiger partial charge in [0.15, 0.2) is 0 Å². The highest BCUT2D eigenvalue weighted by atomic mass is 32.2. The van der Waals surface area contributed by atoms with Crippen LogP contribution in [0, 0.1) is 13.8 Å². The van der Waals surface area contributed by atoms with E-state index in [1.165, 1.54) is 0 Å². The molecule has 2 unspecified atom stereocenters. The Morgan fingerprint density at radius 1 is 0.975 bits per heavy atom. The lowest BCUT2D eigenvalue weighted by molar-refractivity contribution is -0.149. The fourth-order valence-corrected chi connectivity index (χ4v) is 4.88. The van der Waals surface area contributed by atoms with E-state index in [0.717, 1.165) is 22.3 Å². The summed E-state index contributed by atoms with van der Waals surface area (Å²) in [7, 11) is 0. The predicted octanol–water partition coefficient (Wildman–Crippen LogP) is 6.32. The largest absolute Gasteiger partial charge is 0.444 e. The van der Waals surface area contributed by atoms with Crippen molar-refractivity contribution in [3.8, 4) is 0 Å². The number of hydrogen-bond acceptors (Lipinski definition) is 5. The van der Waals surface area contributed by atoms with Crippen LogP contribution in [0.4, 0.5) is 4.79 Å². The first-order valence-electron chi connectivity index (χ1n) is 13.9. The van der Waals surface area contributed by atoms with Crippen molar-refractivity contribution in [2.24, 2.45) is 0 Å². The van der Waals surface area contributed by atoms with Gasteiger partial charge in [-0.15, -0.1) is 0 Å². The molecule has 0 fully saturated rings. The maximum atomic E-state index is 14.5. The van der Waals surface area contributed by atoms with E-state index >= 15 is 0 Å². The Labute approximate surface area is 244 Å². The van der Waals surface area contributed by atoms with Gasteiger partial charge in [-0.2, -0.15) is 11.8 Å². The number of carbonyl (C=O) groups excluding carboxylic acids is 3. The molecule has 0 spiro atoms. The highest BCUT2D eigenvalue weighted by Gasteiger charge is 2.43. The minimum Gasteiger partial charge on any atom is -0.444 e. The number of rotatable bonds is 12. The fraction of sp³-hybridized carbons (Fsp3) is 0.531. The predicted molar refractivity (Wildman–Crippen MR) is 164 cm³/mol. The molecule has 2 aromatic carbocycles. The Balaban J connectivity index is 2.61. The first kappa shape index (κ1) is 33.2. The van der Waals surface area contributed by atoms with Crippen LogP contribution in [0.2, 0.25) is 0 Å². The van der Waals surface area contributed by atoms with E-state index in [1.54, 1.807) is 37.4 Å². The van der Waals surface area contributed by atoms with Crippen LogP contribution in [-0.4, -0.2) is 52.0 Å². The fourth-order valence-electron chi connectivity index (χ4n) is 4.41. The molecule has 2 atom stereocenters. The molecule has 0 heterocycles. The van der Waals surface area contributed by atoms with Gasteiger partial charge in [-0.05, 0) is 95.6 Å². The van der Waals surface area contributed by atoms with Crippen LogP contribution in [0.1, 0.15) is 82.7 Å². The third kappa shape index (κ3) is 9.29. The Kier molecular flexibility index (Phi) is 12.1. The van der Waals surface area contributed by atoms with Gasteiger partial charge in [0.25, 0.3) is 0 Å². The zero-order valence-corrected chi connectivity index (χ0v) is 26.4. The molecule has 220 valence electrons. The molecule has 0 aliphatic carbocycles. The van der Waals surface area contributed by atoms with E-state index in [-0.39, 0.29) is 11.8 Å². The molecule has 2 aromatic rings. The van der Waals surface area contributed by atoms with E-state index in [1.807, 2.05) is 89.4 Å². The molecule has 0 radical (unpaired) electrons. The molecule has 0 aliphatic heterocycles. The SMILES string of the molecule is CCC(C)(C)N(C(=O)C(CCSC)NC(=O)OC(C)(C)C)C(C(=O)NCc1ccccc1)c1cccc(C)c1C. The quantitative estimate of drug-likeness (QED) is 0.312. The highest BCUT2D eigenvalue weighted by molar-refractivity contribution is 7.98. The van der Waals surface area contributed by atoms with E-state index in [2.05, 4.69) is 10.6 Å². The summed E-state index contributed by atoms with van der Waals surface area (Å²) in [6.45, 7) is 15.6. The number of alkyl carbamates (subject to hydrolysis) is 1. The molecule has 40 heavy (non-hydrogen) atoms. The molecule has 2 N–H and O–H groups in total. The summed E-state index contributed by atoms with van der Waals surface area (Å²) in [4.78, 5) is 43.1. The molecule has 0 bridgehead atoms. The minimum atomic E-state index is -0.900. The summed E-state index contributed by atoms with van der Waals surface area (Å²) in [5.41, 5.74) is 2.31. The number of amides is 3. The van der Waals surface area contributed by atoms with Crippen molar-refractivity contribution in [1.29, 1.82) is 0 Å². The molecule has 7 nitrogen and oxygen atoms in total. The highest BCUT2D eigenvalue weighted by Crippen LogP contribution is 2.34. The van der Waals surface area contributed by atoms with Crippen molar-refractivity contribution in [3.05, 3.63) is 70.8 Å². The standard InChI is InChI=1S/C32H47N3O4S/c1-10-32(7,8)35(29(37)26(19-20-40-9)34-30(38)39-31(4,5)6)27(25-18-14-15-22(2)23(25)3)28(36)33-21-24-16-12-11-13-17-24/h11-18,26-27H,10,19-21H2,1-9H3,(H,33,36)(H,34,38). The summed E-state index contributed by atoms with van der Waals surface area (Å²) in [6.07, 6.45) is 2.31.